The van der Waals surface area contributed by atoms with Crippen molar-refractivity contribution < 1.29 is 22.7 Å². The van der Waals surface area contributed by atoms with Gasteiger partial charge in [-0.1, -0.05) is 0 Å². The van der Waals surface area contributed by atoms with E-state index in [0.29, 0.717) is 5.56 Å². The molecule has 0 amide bonds. The zero-order valence-corrected chi connectivity index (χ0v) is 11.9. The molecule has 0 unspecified atom stereocenters. The summed E-state index contributed by atoms with van der Waals surface area (Å²) in [4.78, 5) is 12.4. The number of hydrogen-bond acceptors (Lipinski definition) is 3. The molecule has 23 heavy (non-hydrogen) atoms. The minimum atomic E-state index is -4.52. The first-order valence-electron chi connectivity index (χ1n) is 6.71. The van der Waals surface area contributed by atoms with Gasteiger partial charge in [0.2, 0.25) is 0 Å². The molecule has 0 radical (unpaired) electrons. The van der Waals surface area contributed by atoms with Crippen LogP contribution in [0.25, 0.3) is 22.3 Å². The second-order valence-electron chi connectivity index (χ2n) is 5.14. The predicted octanol–water partition coefficient (Wildman–Crippen LogP) is 4.49. The third-order valence-electron chi connectivity index (χ3n) is 3.57. The molecule has 1 heterocycles. The van der Waals surface area contributed by atoms with Crippen LogP contribution in [-0.2, 0) is 6.18 Å². The second kappa shape index (κ2) is 5.15. The maximum atomic E-state index is 12.8. The van der Waals surface area contributed by atoms with E-state index < -0.39 is 17.2 Å². The maximum Gasteiger partial charge on any atom is 0.416 e. The summed E-state index contributed by atoms with van der Waals surface area (Å²) >= 11 is 0. The molecule has 6 heteroatoms. The van der Waals surface area contributed by atoms with Gasteiger partial charge in [-0.05, 0) is 49.4 Å². The lowest BCUT2D eigenvalue weighted by atomic mass is 10.0. The standard InChI is InChI=1S/C17H11F3O3/c1-9-15(22)13-8-11(17(18,19)20)4-7-14(13)23-16(9)10-2-5-12(21)6-3-10/h2-8,21H,1H3. The lowest BCUT2D eigenvalue weighted by Gasteiger charge is -2.10. The van der Waals surface area contributed by atoms with Crippen LogP contribution in [0.5, 0.6) is 5.75 Å². The van der Waals surface area contributed by atoms with Crippen LogP contribution in [0.3, 0.4) is 0 Å². The molecular formula is C17H11F3O3. The van der Waals surface area contributed by atoms with Gasteiger partial charge in [-0.3, -0.25) is 4.79 Å². The van der Waals surface area contributed by atoms with Crippen molar-refractivity contribution in [2.75, 3.05) is 0 Å². The summed E-state index contributed by atoms with van der Waals surface area (Å²) in [5.74, 6) is 0.326. The van der Waals surface area contributed by atoms with Crippen LogP contribution in [0.15, 0.2) is 51.7 Å². The van der Waals surface area contributed by atoms with Crippen molar-refractivity contribution in [3.8, 4) is 17.1 Å². The number of rotatable bonds is 1. The number of halogens is 3. The van der Waals surface area contributed by atoms with Gasteiger partial charge in [0.05, 0.1) is 10.9 Å². The highest BCUT2D eigenvalue weighted by atomic mass is 19.4. The molecule has 0 bridgehead atoms. The minimum absolute atomic E-state index is 0.0596. The van der Waals surface area contributed by atoms with Crippen molar-refractivity contribution in [1.82, 2.24) is 0 Å². The number of phenolic OH excluding ortho intramolecular Hbond substituents is 1. The molecule has 0 saturated carbocycles. The average Bonchev–Trinajstić information content (AvgIpc) is 2.50. The number of aromatic hydroxyl groups is 1. The number of phenols is 1. The second-order valence-corrected chi connectivity index (χ2v) is 5.14. The molecule has 1 N–H and O–H groups in total. The van der Waals surface area contributed by atoms with Gasteiger partial charge in [-0.15, -0.1) is 0 Å². The molecule has 0 aliphatic rings. The third kappa shape index (κ3) is 2.67. The smallest absolute Gasteiger partial charge is 0.416 e. The zero-order chi connectivity index (χ0) is 16.8. The summed E-state index contributed by atoms with van der Waals surface area (Å²) in [7, 11) is 0. The third-order valence-corrected chi connectivity index (χ3v) is 3.57. The van der Waals surface area contributed by atoms with Gasteiger partial charge in [0.1, 0.15) is 17.1 Å². The topological polar surface area (TPSA) is 50.4 Å². The highest BCUT2D eigenvalue weighted by Gasteiger charge is 2.31. The molecule has 0 aliphatic heterocycles. The lowest BCUT2D eigenvalue weighted by molar-refractivity contribution is -0.137. The van der Waals surface area contributed by atoms with Crippen LogP contribution in [0.4, 0.5) is 13.2 Å². The molecule has 3 aromatic rings. The summed E-state index contributed by atoms with van der Waals surface area (Å²) < 4.78 is 43.9. The Labute approximate surface area is 128 Å². The van der Waals surface area contributed by atoms with Gasteiger partial charge in [0.25, 0.3) is 0 Å². The van der Waals surface area contributed by atoms with Crippen LogP contribution in [-0.4, -0.2) is 5.11 Å². The fourth-order valence-corrected chi connectivity index (χ4v) is 2.35. The molecule has 1 aromatic heterocycles. The fraction of sp³-hybridized carbons (Fsp3) is 0.118. The maximum absolute atomic E-state index is 12.8. The Bertz CT molecular complexity index is 938. The monoisotopic (exact) mass is 320 g/mol. The van der Waals surface area contributed by atoms with Crippen molar-refractivity contribution in [3.63, 3.8) is 0 Å². The van der Waals surface area contributed by atoms with Crippen LogP contribution in [0.1, 0.15) is 11.1 Å². The normalized spacial score (nSPS) is 11.8. The van der Waals surface area contributed by atoms with E-state index in [2.05, 4.69) is 0 Å². The molecule has 3 nitrogen and oxygen atoms in total. The van der Waals surface area contributed by atoms with E-state index in [9.17, 15) is 23.1 Å². The number of fused-ring (bicyclic) bond motifs is 1. The molecule has 0 spiro atoms. The van der Waals surface area contributed by atoms with E-state index in [1.807, 2.05) is 0 Å². The first-order chi connectivity index (χ1) is 10.8. The Kier molecular flexibility index (Phi) is 3.39. The minimum Gasteiger partial charge on any atom is -0.508 e. The Morgan fingerprint density at radius 2 is 1.70 bits per heavy atom. The van der Waals surface area contributed by atoms with Crippen molar-refractivity contribution in [3.05, 3.63) is 63.8 Å². The van der Waals surface area contributed by atoms with Gasteiger partial charge in [0, 0.05) is 11.1 Å². The molecule has 0 saturated heterocycles. The summed E-state index contributed by atoms with van der Waals surface area (Å²) in [5, 5.41) is 9.20. The van der Waals surface area contributed by atoms with E-state index in [1.54, 1.807) is 12.1 Å². The van der Waals surface area contributed by atoms with E-state index in [0.717, 1.165) is 18.2 Å². The summed E-state index contributed by atoms with van der Waals surface area (Å²) in [6.07, 6.45) is -4.52. The first kappa shape index (κ1) is 15.1. The van der Waals surface area contributed by atoms with Gasteiger partial charge in [-0.25, -0.2) is 0 Å². The molecule has 0 fully saturated rings. The van der Waals surface area contributed by atoms with E-state index in [-0.39, 0.29) is 28.0 Å². The Morgan fingerprint density at radius 3 is 2.30 bits per heavy atom. The SMILES string of the molecule is Cc1c(-c2ccc(O)cc2)oc2ccc(C(F)(F)F)cc2c1=O. The largest absolute Gasteiger partial charge is 0.508 e. The predicted molar refractivity (Wildman–Crippen MR) is 79.3 cm³/mol. The molecule has 3 rings (SSSR count). The van der Waals surface area contributed by atoms with Gasteiger partial charge in [0.15, 0.2) is 5.43 Å². The summed E-state index contributed by atoms with van der Waals surface area (Å²) in [6, 6.07) is 8.82. The van der Waals surface area contributed by atoms with Crippen molar-refractivity contribution in [2.45, 2.75) is 13.1 Å². The number of hydrogen-bond donors (Lipinski definition) is 1. The van der Waals surface area contributed by atoms with Crippen LogP contribution < -0.4 is 5.43 Å². The van der Waals surface area contributed by atoms with Gasteiger partial charge >= 0.3 is 6.18 Å². The summed E-state index contributed by atoms with van der Waals surface area (Å²) in [5.41, 5.74) is -0.562. The van der Waals surface area contributed by atoms with E-state index >= 15 is 0 Å². The average molecular weight is 320 g/mol. The van der Waals surface area contributed by atoms with Crippen molar-refractivity contribution in [2.24, 2.45) is 0 Å². The van der Waals surface area contributed by atoms with Gasteiger partial charge < -0.3 is 9.52 Å². The highest BCUT2D eigenvalue weighted by molar-refractivity contribution is 5.81. The van der Waals surface area contributed by atoms with Gasteiger partial charge in [-0.2, -0.15) is 13.2 Å². The van der Waals surface area contributed by atoms with Crippen LogP contribution in [0.2, 0.25) is 0 Å². The highest BCUT2D eigenvalue weighted by Crippen LogP contribution is 2.32. The first-order valence-corrected chi connectivity index (χ1v) is 6.71. The lowest BCUT2D eigenvalue weighted by Crippen LogP contribution is -2.10. The van der Waals surface area contributed by atoms with Crippen molar-refractivity contribution in [1.29, 1.82) is 0 Å². The molecular weight excluding hydrogens is 309 g/mol. The van der Waals surface area contributed by atoms with E-state index in [1.165, 1.54) is 19.1 Å². The molecule has 118 valence electrons. The Balaban J connectivity index is 2.26. The van der Waals surface area contributed by atoms with E-state index in [4.69, 9.17) is 4.42 Å². The molecule has 0 aliphatic carbocycles. The Hall–Kier alpha value is -2.76. The number of alkyl halides is 3. The molecule has 0 atom stereocenters. The zero-order valence-electron chi connectivity index (χ0n) is 11.9. The van der Waals surface area contributed by atoms with Crippen LogP contribution >= 0.6 is 0 Å². The van der Waals surface area contributed by atoms with Crippen LogP contribution in [0, 0.1) is 6.92 Å². The number of benzene rings is 2. The quantitative estimate of drug-likeness (QED) is 0.718. The summed E-state index contributed by atoms with van der Waals surface area (Å²) in [6.45, 7) is 1.49. The van der Waals surface area contributed by atoms with Crippen molar-refractivity contribution >= 4 is 11.0 Å². The fourth-order valence-electron chi connectivity index (χ4n) is 2.35. The Morgan fingerprint density at radius 1 is 1.04 bits per heavy atom. The molecule has 2 aromatic carbocycles.